The number of carbonyl (C=O) groups is 1. The monoisotopic (exact) mass is 309 g/mol. The average Bonchev–Trinajstić information content (AvgIpc) is 3.09. The first-order valence-electron chi connectivity index (χ1n) is 7.52. The van der Waals surface area contributed by atoms with Gasteiger partial charge in [-0.2, -0.15) is 5.10 Å². The van der Waals surface area contributed by atoms with E-state index in [4.69, 9.17) is 4.42 Å². The van der Waals surface area contributed by atoms with E-state index < -0.39 is 11.5 Å². The number of hydrogen-bond acceptors (Lipinski definition) is 4. The van der Waals surface area contributed by atoms with E-state index in [2.05, 4.69) is 10.4 Å². The number of hydrogen-bond donors (Lipinski definition) is 1. The number of benzene rings is 1. The Bertz CT molecular complexity index is 984. The van der Waals surface area contributed by atoms with Gasteiger partial charge in [-0.3, -0.25) is 9.48 Å². The molecule has 1 aliphatic carbocycles. The Hall–Kier alpha value is -2.89. The van der Waals surface area contributed by atoms with Gasteiger partial charge in [-0.1, -0.05) is 18.2 Å². The smallest absolute Gasteiger partial charge is 0.349 e. The van der Waals surface area contributed by atoms with Crippen molar-refractivity contribution in [3.63, 3.8) is 0 Å². The van der Waals surface area contributed by atoms with Crippen molar-refractivity contribution in [1.82, 2.24) is 9.78 Å². The summed E-state index contributed by atoms with van der Waals surface area (Å²) in [6.45, 7) is 0. The quantitative estimate of drug-likeness (QED) is 0.737. The predicted octanol–water partition coefficient (Wildman–Crippen LogP) is 2.27. The molecule has 1 aliphatic rings. The minimum Gasteiger partial charge on any atom is -0.422 e. The number of anilines is 1. The van der Waals surface area contributed by atoms with Crippen molar-refractivity contribution >= 4 is 22.7 Å². The highest BCUT2D eigenvalue weighted by atomic mass is 16.4. The fourth-order valence-corrected chi connectivity index (χ4v) is 3.07. The molecule has 1 aromatic carbocycles. The maximum absolute atomic E-state index is 12.5. The second-order valence-electron chi connectivity index (χ2n) is 5.69. The summed E-state index contributed by atoms with van der Waals surface area (Å²) in [5, 5.41) is 7.94. The van der Waals surface area contributed by atoms with Gasteiger partial charge in [-0.15, -0.1) is 0 Å². The van der Waals surface area contributed by atoms with Crippen LogP contribution in [0.25, 0.3) is 11.0 Å². The second-order valence-corrected chi connectivity index (χ2v) is 5.69. The SMILES string of the molecule is Cn1nc2c(c1NC(=O)c1cc3ccccc3oc1=O)CCC2. The molecule has 0 saturated carbocycles. The zero-order valence-corrected chi connectivity index (χ0v) is 12.6. The highest BCUT2D eigenvalue weighted by molar-refractivity contribution is 6.05. The van der Waals surface area contributed by atoms with Crippen molar-refractivity contribution in [3.8, 4) is 0 Å². The molecule has 0 bridgehead atoms. The van der Waals surface area contributed by atoms with Crippen molar-refractivity contribution in [1.29, 1.82) is 0 Å². The summed E-state index contributed by atoms with van der Waals surface area (Å²) in [7, 11) is 1.79. The molecular weight excluding hydrogens is 294 g/mol. The maximum atomic E-state index is 12.5. The Morgan fingerprint density at radius 3 is 3.00 bits per heavy atom. The molecule has 116 valence electrons. The molecular formula is C17H15N3O3. The van der Waals surface area contributed by atoms with Crippen molar-refractivity contribution in [3.05, 3.63) is 57.6 Å². The van der Waals surface area contributed by atoms with Crippen LogP contribution in [0.3, 0.4) is 0 Å². The number of para-hydroxylation sites is 1. The number of rotatable bonds is 2. The van der Waals surface area contributed by atoms with Crippen LogP contribution in [0.1, 0.15) is 28.0 Å². The van der Waals surface area contributed by atoms with E-state index in [-0.39, 0.29) is 5.56 Å². The summed E-state index contributed by atoms with van der Waals surface area (Å²) in [5.74, 6) is 0.192. The summed E-state index contributed by atoms with van der Waals surface area (Å²) in [5.41, 5.74) is 1.91. The summed E-state index contributed by atoms with van der Waals surface area (Å²) >= 11 is 0. The van der Waals surface area contributed by atoms with Gasteiger partial charge in [0, 0.05) is 18.0 Å². The summed E-state index contributed by atoms with van der Waals surface area (Å²) < 4.78 is 6.87. The number of carbonyl (C=O) groups excluding carboxylic acids is 1. The highest BCUT2D eigenvalue weighted by Crippen LogP contribution is 2.28. The van der Waals surface area contributed by atoms with Crippen LogP contribution in [0.2, 0.25) is 0 Å². The van der Waals surface area contributed by atoms with E-state index >= 15 is 0 Å². The van der Waals surface area contributed by atoms with Crippen LogP contribution in [-0.2, 0) is 19.9 Å². The fourth-order valence-electron chi connectivity index (χ4n) is 3.07. The summed E-state index contributed by atoms with van der Waals surface area (Å²) in [6, 6.07) is 8.68. The molecule has 6 heteroatoms. The molecule has 0 radical (unpaired) electrons. The van der Waals surface area contributed by atoms with Crippen molar-refractivity contribution < 1.29 is 9.21 Å². The molecule has 0 spiro atoms. The van der Waals surface area contributed by atoms with E-state index in [1.54, 1.807) is 36.0 Å². The first kappa shape index (κ1) is 13.8. The molecule has 6 nitrogen and oxygen atoms in total. The number of aromatic nitrogens is 2. The minimum absolute atomic E-state index is 0.00310. The third-order valence-electron chi connectivity index (χ3n) is 4.19. The average molecular weight is 309 g/mol. The molecule has 23 heavy (non-hydrogen) atoms. The van der Waals surface area contributed by atoms with Crippen LogP contribution in [0.4, 0.5) is 5.82 Å². The van der Waals surface area contributed by atoms with Crippen molar-refractivity contribution in [2.75, 3.05) is 5.32 Å². The van der Waals surface area contributed by atoms with Crippen LogP contribution >= 0.6 is 0 Å². The van der Waals surface area contributed by atoms with Gasteiger partial charge in [-0.05, 0) is 31.4 Å². The van der Waals surface area contributed by atoms with E-state index in [0.29, 0.717) is 16.8 Å². The third-order valence-corrected chi connectivity index (χ3v) is 4.19. The molecule has 4 rings (SSSR count). The summed E-state index contributed by atoms with van der Waals surface area (Å²) in [6.07, 6.45) is 2.86. The fraction of sp³-hybridized carbons (Fsp3) is 0.235. The first-order valence-corrected chi connectivity index (χ1v) is 7.52. The van der Waals surface area contributed by atoms with E-state index in [9.17, 15) is 9.59 Å². The van der Waals surface area contributed by atoms with Gasteiger partial charge in [0.2, 0.25) is 0 Å². The molecule has 1 N–H and O–H groups in total. The Morgan fingerprint density at radius 1 is 1.30 bits per heavy atom. The molecule has 2 aromatic heterocycles. The van der Waals surface area contributed by atoms with Gasteiger partial charge in [0.15, 0.2) is 0 Å². The lowest BCUT2D eigenvalue weighted by atomic mass is 10.1. The standard InChI is InChI=1S/C17H15N3O3/c1-20-15(11-6-4-7-13(11)19-20)18-16(21)12-9-10-5-2-3-8-14(10)23-17(12)22/h2-3,5,8-9H,4,6-7H2,1H3,(H,18,21). The van der Waals surface area contributed by atoms with Gasteiger partial charge < -0.3 is 9.73 Å². The lowest BCUT2D eigenvalue weighted by Crippen LogP contribution is -2.22. The van der Waals surface area contributed by atoms with Crippen LogP contribution in [0, 0.1) is 0 Å². The molecule has 1 amide bonds. The molecule has 0 atom stereocenters. The van der Waals surface area contributed by atoms with Gasteiger partial charge in [0.05, 0.1) is 5.69 Å². The molecule has 0 aliphatic heterocycles. The van der Waals surface area contributed by atoms with E-state index in [1.165, 1.54) is 0 Å². The molecule has 0 saturated heterocycles. The van der Waals surface area contributed by atoms with Crippen LogP contribution < -0.4 is 10.9 Å². The number of aryl methyl sites for hydroxylation is 2. The van der Waals surface area contributed by atoms with Gasteiger partial charge in [-0.25, -0.2) is 4.79 Å². The molecule has 0 fully saturated rings. The topological polar surface area (TPSA) is 77.1 Å². The van der Waals surface area contributed by atoms with Crippen molar-refractivity contribution in [2.24, 2.45) is 7.05 Å². The molecule has 2 heterocycles. The second kappa shape index (κ2) is 5.08. The molecule has 3 aromatic rings. The van der Waals surface area contributed by atoms with E-state index in [1.807, 2.05) is 6.07 Å². The van der Waals surface area contributed by atoms with Crippen LogP contribution in [0.15, 0.2) is 39.5 Å². The predicted molar refractivity (Wildman–Crippen MR) is 85.7 cm³/mol. The van der Waals surface area contributed by atoms with Crippen LogP contribution in [-0.4, -0.2) is 15.7 Å². The highest BCUT2D eigenvalue weighted by Gasteiger charge is 2.23. The Labute approximate surface area is 131 Å². The number of amides is 1. The minimum atomic E-state index is -0.639. The van der Waals surface area contributed by atoms with E-state index in [0.717, 1.165) is 30.5 Å². The van der Waals surface area contributed by atoms with Gasteiger partial charge in [0.25, 0.3) is 5.91 Å². The van der Waals surface area contributed by atoms with Gasteiger partial charge in [0.1, 0.15) is 17.0 Å². The normalized spacial score (nSPS) is 13.3. The number of nitrogens with one attached hydrogen (secondary N) is 1. The van der Waals surface area contributed by atoms with Gasteiger partial charge >= 0.3 is 5.63 Å². The lowest BCUT2D eigenvalue weighted by Gasteiger charge is -2.07. The largest absolute Gasteiger partial charge is 0.422 e. The number of fused-ring (bicyclic) bond motifs is 2. The van der Waals surface area contributed by atoms with Crippen molar-refractivity contribution in [2.45, 2.75) is 19.3 Å². The first-order chi connectivity index (χ1) is 11.1. The zero-order valence-electron chi connectivity index (χ0n) is 12.6. The Morgan fingerprint density at radius 2 is 2.13 bits per heavy atom. The summed E-state index contributed by atoms with van der Waals surface area (Å²) in [4.78, 5) is 24.6. The number of nitrogens with zero attached hydrogens (tertiary/aromatic N) is 2. The Balaban J connectivity index is 1.73. The third kappa shape index (κ3) is 2.23. The zero-order chi connectivity index (χ0) is 16.0. The molecule has 0 unspecified atom stereocenters. The lowest BCUT2D eigenvalue weighted by molar-refractivity contribution is 0.102. The Kier molecular flexibility index (Phi) is 3.04. The maximum Gasteiger partial charge on any atom is 0.349 e. The van der Waals surface area contributed by atoms with Crippen LogP contribution in [0.5, 0.6) is 0 Å².